The van der Waals surface area contributed by atoms with Crippen LogP contribution in [0.2, 0.25) is 0 Å². The van der Waals surface area contributed by atoms with Crippen LogP contribution in [0.4, 0.5) is 0 Å². The quantitative estimate of drug-likeness (QED) is 0.813. The van der Waals surface area contributed by atoms with E-state index in [1.165, 1.54) is 16.0 Å². The van der Waals surface area contributed by atoms with Crippen molar-refractivity contribution < 1.29 is 9.90 Å². The molecule has 2 N–H and O–H groups in total. The molecule has 4 nitrogen and oxygen atoms in total. The van der Waals surface area contributed by atoms with Gasteiger partial charge in [-0.05, 0) is 43.2 Å². The summed E-state index contributed by atoms with van der Waals surface area (Å²) in [5.41, 5.74) is 4.38. The highest BCUT2D eigenvalue weighted by molar-refractivity contribution is 7.98. The fraction of sp³-hybridized carbons (Fsp3) is 0.381. The highest BCUT2D eigenvalue weighted by Crippen LogP contribution is 2.27. The Kier molecular flexibility index (Phi) is 6.35. The zero-order valence-electron chi connectivity index (χ0n) is 15.4. The summed E-state index contributed by atoms with van der Waals surface area (Å²) in [6.07, 6.45) is -0.510. The maximum absolute atomic E-state index is 12.8. The maximum atomic E-state index is 12.8. The van der Waals surface area contributed by atoms with E-state index in [9.17, 15) is 9.90 Å². The molecule has 138 valence electrons. The molecule has 1 unspecified atom stereocenters. The van der Waals surface area contributed by atoms with E-state index < -0.39 is 6.10 Å². The molecular weight excluding hydrogens is 344 g/mol. The van der Waals surface area contributed by atoms with Crippen molar-refractivity contribution in [2.75, 3.05) is 26.2 Å². The predicted molar refractivity (Wildman–Crippen MR) is 107 cm³/mol. The third kappa shape index (κ3) is 4.87. The molecule has 0 aromatic heterocycles. The second kappa shape index (κ2) is 8.71. The number of thioether (sulfide) groups is 1. The lowest BCUT2D eigenvalue weighted by molar-refractivity contribution is 0.0673. The number of rotatable bonds is 4. The molecule has 0 bridgehead atoms. The van der Waals surface area contributed by atoms with Gasteiger partial charge in [-0.1, -0.05) is 29.8 Å². The molecule has 1 saturated heterocycles. The molecule has 1 amide bonds. The largest absolute Gasteiger partial charge is 0.390 e. The fourth-order valence-corrected chi connectivity index (χ4v) is 4.13. The molecule has 1 heterocycles. The minimum absolute atomic E-state index is 0.00823. The number of aliphatic hydroxyl groups is 1. The van der Waals surface area contributed by atoms with Crippen molar-refractivity contribution in [3.05, 3.63) is 64.7 Å². The van der Waals surface area contributed by atoms with Gasteiger partial charge in [-0.2, -0.15) is 0 Å². The van der Waals surface area contributed by atoms with Crippen molar-refractivity contribution in [3.8, 4) is 0 Å². The van der Waals surface area contributed by atoms with Gasteiger partial charge in [0.2, 0.25) is 0 Å². The van der Waals surface area contributed by atoms with E-state index in [0.29, 0.717) is 31.7 Å². The molecule has 26 heavy (non-hydrogen) atoms. The number of aliphatic hydroxyl groups excluding tert-OH is 1. The van der Waals surface area contributed by atoms with Gasteiger partial charge in [0.05, 0.1) is 6.10 Å². The van der Waals surface area contributed by atoms with Crippen LogP contribution < -0.4 is 5.32 Å². The van der Waals surface area contributed by atoms with Gasteiger partial charge in [-0.25, -0.2) is 0 Å². The molecule has 3 rings (SSSR count). The lowest BCUT2D eigenvalue weighted by Gasteiger charge is -2.22. The highest BCUT2D eigenvalue weighted by Gasteiger charge is 2.21. The lowest BCUT2D eigenvalue weighted by atomic mass is 10.1. The molecule has 2 aromatic rings. The van der Waals surface area contributed by atoms with Gasteiger partial charge >= 0.3 is 0 Å². The van der Waals surface area contributed by atoms with Crippen LogP contribution in [0.3, 0.4) is 0 Å². The number of amides is 1. The number of aryl methyl sites for hydroxylation is 2. The SMILES string of the molecule is Cc1ccc(SCc2cccc(C(=O)N3CCNCC(O)C3)c2)c(C)c1. The Morgan fingerprint density at radius 2 is 2.12 bits per heavy atom. The van der Waals surface area contributed by atoms with Gasteiger partial charge < -0.3 is 15.3 Å². The molecule has 1 atom stereocenters. The summed E-state index contributed by atoms with van der Waals surface area (Å²) in [6.45, 7) is 6.49. The molecule has 0 radical (unpaired) electrons. The van der Waals surface area contributed by atoms with Gasteiger partial charge in [0, 0.05) is 42.4 Å². The Balaban J connectivity index is 1.68. The second-order valence-electron chi connectivity index (χ2n) is 6.87. The Morgan fingerprint density at radius 1 is 1.27 bits per heavy atom. The zero-order valence-corrected chi connectivity index (χ0v) is 16.2. The van der Waals surface area contributed by atoms with Crippen molar-refractivity contribution in [1.82, 2.24) is 10.2 Å². The van der Waals surface area contributed by atoms with Gasteiger partial charge in [0.25, 0.3) is 5.91 Å². The first-order chi connectivity index (χ1) is 12.5. The monoisotopic (exact) mass is 370 g/mol. The average molecular weight is 371 g/mol. The Bertz CT molecular complexity index is 778. The number of benzene rings is 2. The van der Waals surface area contributed by atoms with Crippen LogP contribution in [0.15, 0.2) is 47.4 Å². The first-order valence-corrected chi connectivity index (χ1v) is 9.98. The minimum atomic E-state index is -0.510. The molecule has 1 aliphatic rings. The lowest BCUT2D eigenvalue weighted by Crippen LogP contribution is -2.37. The molecule has 5 heteroatoms. The number of nitrogens with zero attached hydrogens (tertiary/aromatic N) is 1. The standard InChI is InChI=1S/C21H26N2O2S/c1-15-6-7-20(16(2)10-15)26-14-17-4-3-5-18(11-17)21(25)23-9-8-22-12-19(24)13-23/h3-7,10-11,19,22,24H,8-9,12-14H2,1-2H3. The van der Waals surface area contributed by atoms with Crippen molar-refractivity contribution >= 4 is 17.7 Å². The molecule has 1 aliphatic heterocycles. The second-order valence-corrected chi connectivity index (χ2v) is 7.88. The third-order valence-corrected chi connectivity index (χ3v) is 5.80. The van der Waals surface area contributed by atoms with E-state index >= 15 is 0 Å². The Labute approximate surface area is 159 Å². The van der Waals surface area contributed by atoms with E-state index in [1.54, 1.807) is 16.7 Å². The van der Waals surface area contributed by atoms with Crippen LogP contribution in [0.1, 0.15) is 27.0 Å². The Hall–Kier alpha value is -1.82. The van der Waals surface area contributed by atoms with Gasteiger partial charge in [-0.3, -0.25) is 4.79 Å². The number of β-amino-alcohol motifs (C(OH)–C–C–N with tert-alkyl or cyclic N) is 1. The smallest absolute Gasteiger partial charge is 0.253 e. The molecular formula is C21H26N2O2S. The van der Waals surface area contributed by atoms with Gasteiger partial charge in [0.1, 0.15) is 0 Å². The number of hydrogen-bond acceptors (Lipinski definition) is 4. The third-order valence-electron chi connectivity index (χ3n) is 4.56. The van der Waals surface area contributed by atoms with Crippen molar-refractivity contribution in [1.29, 1.82) is 0 Å². The Morgan fingerprint density at radius 3 is 2.92 bits per heavy atom. The summed E-state index contributed by atoms with van der Waals surface area (Å²) in [5, 5.41) is 13.1. The normalized spacial score (nSPS) is 17.8. The summed E-state index contributed by atoms with van der Waals surface area (Å²) in [5.74, 6) is 0.820. The predicted octanol–water partition coefficient (Wildman–Crippen LogP) is 3.00. The summed E-state index contributed by atoms with van der Waals surface area (Å²) in [7, 11) is 0. The maximum Gasteiger partial charge on any atom is 0.253 e. The molecule has 2 aromatic carbocycles. The van der Waals surface area contributed by atoms with Crippen LogP contribution in [-0.4, -0.2) is 48.2 Å². The van der Waals surface area contributed by atoms with E-state index in [-0.39, 0.29) is 5.91 Å². The van der Waals surface area contributed by atoms with E-state index in [0.717, 1.165) is 11.3 Å². The van der Waals surface area contributed by atoms with E-state index in [1.807, 2.05) is 18.2 Å². The first-order valence-electron chi connectivity index (χ1n) is 9.00. The van der Waals surface area contributed by atoms with Crippen molar-refractivity contribution in [3.63, 3.8) is 0 Å². The van der Waals surface area contributed by atoms with Crippen LogP contribution in [-0.2, 0) is 5.75 Å². The number of nitrogens with one attached hydrogen (secondary N) is 1. The van der Waals surface area contributed by atoms with Crippen LogP contribution in [0, 0.1) is 13.8 Å². The summed E-state index contributed by atoms with van der Waals surface area (Å²) in [6, 6.07) is 14.3. The number of carbonyl (C=O) groups is 1. The van der Waals surface area contributed by atoms with E-state index in [4.69, 9.17) is 0 Å². The number of hydrogen-bond donors (Lipinski definition) is 2. The van der Waals surface area contributed by atoms with Crippen molar-refractivity contribution in [2.24, 2.45) is 0 Å². The van der Waals surface area contributed by atoms with Gasteiger partial charge in [0.15, 0.2) is 0 Å². The zero-order chi connectivity index (χ0) is 18.5. The minimum Gasteiger partial charge on any atom is -0.390 e. The first kappa shape index (κ1) is 19.0. The van der Waals surface area contributed by atoms with Gasteiger partial charge in [-0.15, -0.1) is 11.8 Å². The molecule has 1 fully saturated rings. The molecule has 0 saturated carbocycles. The van der Waals surface area contributed by atoms with E-state index in [2.05, 4.69) is 43.4 Å². The van der Waals surface area contributed by atoms with Crippen LogP contribution >= 0.6 is 11.8 Å². The van der Waals surface area contributed by atoms with Crippen LogP contribution in [0.25, 0.3) is 0 Å². The summed E-state index contributed by atoms with van der Waals surface area (Å²) < 4.78 is 0. The molecule has 0 aliphatic carbocycles. The van der Waals surface area contributed by atoms with Crippen LogP contribution in [0.5, 0.6) is 0 Å². The summed E-state index contributed by atoms with van der Waals surface area (Å²) in [4.78, 5) is 15.8. The number of carbonyl (C=O) groups excluding carboxylic acids is 1. The molecule has 0 spiro atoms. The summed E-state index contributed by atoms with van der Waals surface area (Å²) >= 11 is 1.79. The average Bonchev–Trinajstić information content (AvgIpc) is 2.85. The highest BCUT2D eigenvalue weighted by atomic mass is 32.2. The topological polar surface area (TPSA) is 52.6 Å². The fourth-order valence-electron chi connectivity index (χ4n) is 3.18. The van der Waals surface area contributed by atoms with Crippen molar-refractivity contribution in [2.45, 2.75) is 30.6 Å².